The number of phenols is 1. The molecule has 0 saturated carbocycles. The molecule has 0 aliphatic heterocycles. The summed E-state index contributed by atoms with van der Waals surface area (Å²) in [7, 11) is 0. The van der Waals surface area contributed by atoms with Gasteiger partial charge < -0.3 is 42.6 Å². The minimum atomic E-state index is -1.25. The van der Waals surface area contributed by atoms with Gasteiger partial charge in [0.1, 0.15) is 23.9 Å². The first-order valence-electron chi connectivity index (χ1n) is 13.0. The molecule has 220 valence electrons. The summed E-state index contributed by atoms with van der Waals surface area (Å²) >= 11 is 1.46. The molecule has 0 aliphatic carbocycles. The average molecular weight is 578 g/mol. The van der Waals surface area contributed by atoms with Gasteiger partial charge in [-0.25, -0.2) is 9.78 Å². The number of carbonyl (C=O) groups excluding carboxylic acids is 3. The first-order valence-corrected chi connectivity index (χ1v) is 14.4. The lowest BCUT2D eigenvalue weighted by molar-refractivity contribution is -0.142. The fourth-order valence-electron chi connectivity index (χ4n) is 3.86. The summed E-state index contributed by atoms with van der Waals surface area (Å²) in [5.41, 5.74) is 12.7. The number of H-pyrrole nitrogens is 1. The molecule has 0 fully saturated rings. The zero-order valence-electron chi connectivity index (χ0n) is 22.5. The minimum absolute atomic E-state index is 0.0220. The Hall–Kier alpha value is -3.62. The fourth-order valence-corrected chi connectivity index (χ4v) is 4.33. The molecule has 0 saturated heterocycles. The average Bonchev–Trinajstić information content (AvgIpc) is 3.44. The molecule has 0 aliphatic rings. The van der Waals surface area contributed by atoms with E-state index < -0.39 is 47.9 Å². The van der Waals surface area contributed by atoms with Crippen molar-refractivity contribution in [3.8, 4) is 5.75 Å². The maximum atomic E-state index is 13.4. The van der Waals surface area contributed by atoms with Crippen LogP contribution in [0.3, 0.4) is 0 Å². The van der Waals surface area contributed by atoms with Crippen molar-refractivity contribution in [2.75, 3.05) is 18.6 Å². The van der Waals surface area contributed by atoms with E-state index in [1.165, 1.54) is 36.4 Å². The predicted molar refractivity (Wildman–Crippen MR) is 151 cm³/mol. The summed E-state index contributed by atoms with van der Waals surface area (Å²) in [6, 6.07) is 1.93. The van der Waals surface area contributed by atoms with Gasteiger partial charge >= 0.3 is 5.97 Å². The molecule has 10 N–H and O–H groups in total. The highest BCUT2D eigenvalue weighted by Crippen LogP contribution is 2.13. The molecule has 4 atom stereocenters. The second-order valence-corrected chi connectivity index (χ2v) is 10.3. The van der Waals surface area contributed by atoms with Gasteiger partial charge in [-0.3, -0.25) is 14.4 Å². The number of amides is 3. The number of imidazole rings is 1. The summed E-state index contributed by atoms with van der Waals surface area (Å²) in [5, 5.41) is 27.1. The molecule has 0 spiro atoms. The number of hydrogen-bond acceptors (Lipinski definition) is 9. The highest BCUT2D eigenvalue weighted by atomic mass is 32.2. The summed E-state index contributed by atoms with van der Waals surface area (Å²) in [4.78, 5) is 57.9. The van der Waals surface area contributed by atoms with Crippen LogP contribution >= 0.6 is 11.8 Å². The van der Waals surface area contributed by atoms with Crippen molar-refractivity contribution in [3.63, 3.8) is 0 Å². The Balaban J connectivity index is 2.18. The van der Waals surface area contributed by atoms with E-state index in [-0.39, 0.29) is 25.0 Å². The largest absolute Gasteiger partial charge is 0.508 e. The van der Waals surface area contributed by atoms with Crippen molar-refractivity contribution in [2.24, 2.45) is 11.5 Å². The van der Waals surface area contributed by atoms with Gasteiger partial charge in [-0.1, -0.05) is 18.6 Å². The van der Waals surface area contributed by atoms with Crippen molar-refractivity contribution >= 4 is 35.5 Å². The summed E-state index contributed by atoms with van der Waals surface area (Å²) < 4.78 is 0. The molecular formula is C26H39N7O6S. The molecule has 1 aromatic heterocycles. The first-order chi connectivity index (χ1) is 19.1. The van der Waals surface area contributed by atoms with Gasteiger partial charge in [0.05, 0.1) is 12.4 Å². The van der Waals surface area contributed by atoms with Crippen LogP contribution in [0.5, 0.6) is 5.75 Å². The predicted octanol–water partition coefficient (Wildman–Crippen LogP) is -0.351. The number of thioether (sulfide) groups is 1. The molecule has 1 aromatic carbocycles. The monoisotopic (exact) mass is 577 g/mol. The number of aromatic amines is 1. The Morgan fingerprint density at radius 1 is 0.950 bits per heavy atom. The number of carboxylic acids is 1. The zero-order chi connectivity index (χ0) is 29.5. The third kappa shape index (κ3) is 11.2. The molecule has 0 bridgehead atoms. The maximum Gasteiger partial charge on any atom is 0.326 e. The van der Waals surface area contributed by atoms with Crippen molar-refractivity contribution in [1.29, 1.82) is 0 Å². The van der Waals surface area contributed by atoms with Crippen molar-refractivity contribution < 1.29 is 29.4 Å². The van der Waals surface area contributed by atoms with E-state index in [1.54, 1.807) is 12.1 Å². The van der Waals surface area contributed by atoms with Gasteiger partial charge in [-0.2, -0.15) is 11.8 Å². The quantitative estimate of drug-likeness (QED) is 0.107. The van der Waals surface area contributed by atoms with E-state index >= 15 is 0 Å². The van der Waals surface area contributed by atoms with Gasteiger partial charge in [0.15, 0.2) is 0 Å². The SMILES string of the molecule is CSCCC(NC(=O)C(Cc1ccc(O)cc1)NC(=O)C(N)CCCCN)C(=O)NC(Cc1cnc[nH]1)C(=O)O. The van der Waals surface area contributed by atoms with Crippen LogP contribution in [0.4, 0.5) is 0 Å². The molecule has 13 nitrogen and oxygen atoms in total. The molecule has 0 radical (unpaired) electrons. The molecule has 3 amide bonds. The lowest BCUT2D eigenvalue weighted by Crippen LogP contribution is -2.58. The standard InChI is InChI=1S/C26H39N7O6S/c1-40-11-9-20(24(36)33-22(26(38)39)13-17-14-29-15-30-17)31-25(37)21(12-16-5-7-18(34)8-6-16)32-23(35)19(28)4-2-3-10-27/h5-8,14-15,19-22,34H,2-4,9-13,27-28H2,1H3,(H,29,30)(H,31,37)(H,32,35)(H,33,36)(H,38,39). The molecule has 1 heterocycles. The van der Waals surface area contributed by atoms with Crippen molar-refractivity contribution in [2.45, 2.75) is 62.7 Å². The highest BCUT2D eigenvalue weighted by Gasteiger charge is 2.30. The van der Waals surface area contributed by atoms with Crippen LogP contribution in [0.15, 0.2) is 36.8 Å². The van der Waals surface area contributed by atoms with Crippen LogP contribution in [0.2, 0.25) is 0 Å². The van der Waals surface area contributed by atoms with E-state index in [1.807, 2.05) is 6.26 Å². The van der Waals surface area contributed by atoms with Crippen LogP contribution in [0.25, 0.3) is 0 Å². The molecule has 40 heavy (non-hydrogen) atoms. The molecule has 2 aromatic rings. The molecule has 2 rings (SSSR count). The number of benzene rings is 1. The van der Waals surface area contributed by atoms with Crippen LogP contribution < -0.4 is 27.4 Å². The molecule has 14 heteroatoms. The minimum Gasteiger partial charge on any atom is -0.508 e. The number of rotatable bonds is 18. The number of aromatic nitrogens is 2. The van der Waals surface area contributed by atoms with E-state index in [0.29, 0.717) is 42.8 Å². The normalized spacial score (nSPS) is 14.0. The van der Waals surface area contributed by atoms with E-state index in [4.69, 9.17) is 11.5 Å². The number of hydrogen-bond donors (Lipinski definition) is 8. The Morgan fingerprint density at radius 3 is 2.20 bits per heavy atom. The van der Waals surface area contributed by atoms with Gasteiger partial charge in [0.2, 0.25) is 17.7 Å². The molecule has 4 unspecified atom stereocenters. The second kappa shape index (κ2) is 17.2. The number of nitrogens with one attached hydrogen (secondary N) is 4. The zero-order valence-corrected chi connectivity index (χ0v) is 23.3. The number of aromatic hydroxyl groups is 1. The number of unbranched alkanes of at least 4 members (excludes halogenated alkanes) is 1. The Bertz CT molecular complexity index is 1080. The van der Waals surface area contributed by atoms with Crippen LogP contribution in [-0.4, -0.2) is 86.6 Å². The number of carbonyl (C=O) groups is 4. The number of nitrogens with zero attached hydrogens (tertiary/aromatic N) is 1. The number of carboxylic acid groups (broad SMARTS) is 1. The highest BCUT2D eigenvalue weighted by molar-refractivity contribution is 7.98. The lowest BCUT2D eigenvalue weighted by atomic mass is 10.0. The van der Waals surface area contributed by atoms with Gasteiger partial charge in [-0.15, -0.1) is 0 Å². The fraction of sp³-hybridized carbons (Fsp3) is 0.500. The topological polar surface area (TPSA) is 226 Å². The van der Waals surface area contributed by atoms with Gasteiger partial charge in [0, 0.05) is 24.7 Å². The second-order valence-electron chi connectivity index (χ2n) is 9.35. The van der Waals surface area contributed by atoms with E-state index in [2.05, 4.69) is 25.9 Å². The van der Waals surface area contributed by atoms with E-state index in [0.717, 1.165) is 0 Å². The third-order valence-electron chi connectivity index (χ3n) is 6.15. The summed E-state index contributed by atoms with van der Waals surface area (Å²) in [5.74, 6) is -2.49. The summed E-state index contributed by atoms with van der Waals surface area (Å²) in [6.45, 7) is 0.477. The Morgan fingerprint density at radius 2 is 1.60 bits per heavy atom. The number of nitrogens with two attached hydrogens (primary N) is 2. The number of phenolic OH excluding ortho intramolecular Hbond substituents is 1. The van der Waals surface area contributed by atoms with Gasteiger partial charge in [-0.05, 0) is 55.5 Å². The Kier molecular flexibility index (Phi) is 14.0. The lowest BCUT2D eigenvalue weighted by Gasteiger charge is -2.25. The van der Waals surface area contributed by atoms with Crippen molar-refractivity contribution in [1.82, 2.24) is 25.9 Å². The summed E-state index contributed by atoms with van der Waals surface area (Å²) in [6.07, 6.45) is 6.75. The van der Waals surface area contributed by atoms with E-state index in [9.17, 15) is 29.4 Å². The maximum absolute atomic E-state index is 13.4. The van der Waals surface area contributed by atoms with Gasteiger partial charge in [0.25, 0.3) is 0 Å². The smallest absolute Gasteiger partial charge is 0.326 e. The molecular weight excluding hydrogens is 538 g/mol. The van der Waals surface area contributed by atoms with Crippen LogP contribution in [0.1, 0.15) is 36.9 Å². The third-order valence-corrected chi connectivity index (χ3v) is 6.80. The van der Waals surface area contributed by atoms with Crippen LogP contribution in [-0.2, 0) is 32.0 Å². The number of aliphatic carboxylic acids is 1. The Labute approximate surface area is 237 Å². The first kappa shape index (κ1) is 32.6. The van der Waals surface area contributed by atoms with Crippen molar-refractivity contribution in [3.05, 3.63) is 48.0 Å². The van der Waals surface area contributed by atoms with Crippen LogP contribution in [0, 0.1) is 0 Å².